The van der Waals surface area contributed by atoms with Crippen molar-refractivity contribution >= 4 is 5.69 Å². The standard InChI is InChI=1S/C14H21NO2/c1-17-10-9-11-5-2-3-6-12(11)15-13-7-4-8-14(13)16/h2-3,5-6,13-16H,4,7-10H2,1H3. The molecule has 0 aliphatic heterocycles. The first-order valence-corrected chi connectivity index (χ1v) is 6.32. The van der Waals surface area contributed by atoms with Crippen molar-refractivity contribution in [2.45, 2.75) is 37.8 Å². The van der Waals surface area contributed by atoms with Gasteiger partial charge < -0.3 is 15.2 Å². The van der Waals surface area contributed by atoms with E-state index in [0.29, 0.717) is 0 Å². The fraction of sp³-hybridized carbons (Fsp3) is 0.571. The van der Waals surface area contributed by atoms with Crippen molar-refractivity contribution in [2.24, 2.45) is 0 Å². The summed E-state index contributed by atoms with van der Waals surface area (Å²) in [6.45, 7) is 0.728. The topological polar surface area (TPSA) is 41.5 Å². The summed E-state index contributed by atoms with van der Waals surface area (Å²) in [6.07, 6.45) is 3.78. The normalized spacial score (nSPS) is 23.9. The van der Waals surface area contributed by atoms with Gasteiger partial charge in [0.25, 0.3) is 0 Å². The summed E-state index contributed by atoms with van der Waals surface area (Å²) in [4.78, 5) is 0. The molecule has 1 fully saturated rings. The summed E-state index contributed by atoms with van der Waals surface area (Å²) in [7, 11) is 1.72. The van der Waals surface area contributed by atoms with E-state index in [9.17, 15) is 5.11 Å². The van der Waals surface area contributed by atoms with Crippen molar-refractivity contribution in [1.29, 1.82) is 0 Å². The molecule has 1 aliphatic rings. The molecule has 2 atom stereocenters. The highest BCUT2D eigenvalue weighted by molar-refractivity contribution is 5.52. The quantitative estimate of drug-likeness (QED) is 0.822. The maximum absolute atomic E-state index is 9.83. The van der Waals surface area contributed by atoms with Gasteiger partial charge in [0, 0.05) is 12.8 Å². The van der Waals surface area contributed by atoms with Crippen molar-refractivity contribution in [3.05, 3.63) is 29.8 Å². The molecular formula is C14H21NO2. The van der Waals surface area contributed by atoms with Gasteiger partial charge in [-0.1, -0.05) is 18.2 Å². The van der Waals surface area contributed by atoms with Gasteiger partial charge in [0.05, 0.1) is 18.8 Å². The summed E-state index contributed by atoms with van der Waals surface area (Å²) >= 11 is 0. The number of methoxy groups -OCH3 is 1. The third-order valence-corrected chi connectivity index (χ3v) is 3.41. The monoisotopic (exact) mass is 235 g/mol. The Morgan fingerprint density at radius 2 is 2.18 bits per heavy atom. The van der Waals surface area contributed by atoms with Crippen LogP contribution in [0.5, 0.6) is 0 Å². The summed E-state index contributed by atoms with van der Waals surface area (Å²) in [5, 5.41) is 13.3. The molecule has 2 rings (SSSR count). The molecule has 0 aromatic heterocycles. The molecule has 1 aromatic carbocycles. The zero-order chi connectivity index (χ0) is 12.1. The Kier molecular flexibility index (Phi) is 4.40. The number of benzene rings is 1. The minimum Gasteiger partial charge on any atom is -0.391 e. The molecule has 94 valence electrons. The zero-order valence-electron chi connectivity index (χ0n) is 10.4. The molecule has 0 bridgehead atoms. The predicted octanol–water partition coefficient (Wildman–Crippen LogP) is 2.20. The molecule has 1 aliphatic carbocycles. The summed E-state index contributed by atoms with van der Waals surface area (Å²) in [5.74, 6) is 0. The average Bonchev–Trinajstić information content (AvgIpc) is 2.74. The van der Waals surface area contributed by atoms with Crippen molar-refractivity contribution in [3.8, 4) is 0 Å². The number of aliphatic hydroxyl groups is 1. The van der Waals surface area contributed by atoms with Crippen LogP contribution in [0.25, 0.3) is 0 Å². The number of hydrogen-bond donors (Lipinski definition) is 2. The molecule has 17 heavy (non-hydrogen) atoms. The van der Waals surface area contributed by atoms with Crippen molar-refractivity contribution in [2.75, 3.05) is 19.0 Å². The first-order chi connectivity index (χ1) is 8.31. The molecular weight excluding hydrogens is 214 g/mol. The number of hydrogen-bond acceptors (Lipinski definition) is 3. The molecule has 0 saturated heterocycles. The molecule has 0 amide bonds. The van der Waals surface area contributed by atoms with Gasteiger partial charge in [-0.05, 0) is 37.3 Å². The second-order valence-electron chi connectivity index (χ2n) is 4.65. The number of ether oxygens (including phenoxy) is 1. The van der Waals surface area contributed by atoms with E-state index in [4.69, 9.17) is 4.74 Å². The van der Waals surface area contributed by atoms with Crippen LogP contribution in [0, 0.1) is 0 Å². The first kappa shape index (κ1) is 12.4. The number of aliphatic hydroxyl groups excluding tert-OH is 1. The molecule has 0 heterocycles. The predicted molar refractivity (Wildman–Crippen MR) is 69.3 cm³/mol. The van der Waals surface area contributed by atoms with Gasteiger partial charge in [-0.15, -0.1) is 0 Å². The third kappa shape index (κ3) is 3.20. The lowest BCUT2D eigenvalue weighted by Gasteiger charge is -2.20. The van der Waals surface area contributed by atoms with Crippen LogP contribution in [-0.2, 0) is 11.2 Å². The fourth-order valence-corrected chi connectivity index (χ4v) is 2.40. The van der Waals surface area contributed by atoms with Gasteiger partial charge in [-0.2, -0.15) is 0 Å². The van der Waals surface area contributed by atoms with Crippen molar-refractivity contribution < 1.29 is 9.84 Å². The largest absolute Gasteiger partial charge is 0.391 e. The third-order valence-electron chi connectivity index (χ3n) is 3.41. The smallest absolute Gasteiger partial charge is 0.0741 e. The van der Waals surface area contributed by atoms with Crippen LogP contribution < -0.4 is 5.32 Å². The first-order valence-electron chi connectivity index (χ1n) is 6.32. The van der Waals surface area contributed by atoms with Gasteiger partial charge >= 0.3 is 0 Å². The van der Waals surface area contributed by atoms with Gasteiger partial charge in [0.2, 0.25) is 0 Å². The molecule has 2 unspecified atom stereocenters. The van der Waals surface area contributed by atoms with E-state index in [0.717, 1.165) is 38.0 Å². The lowest BCUT2D eigenvalue weighted by atomic mass is 10.1. The van der Waals surface area contributed by atoms with E-state index in [1.54, 1.807) is 7.11 Å². The van der Waals surface area contributed by atoms with Crippen molar-refractivity contribution in [1.82, 2.24) is 0 Å². The second-order valence-corrected chi connectivity index (χ2v) is 4.65. The van der Waals surface area contributed by atoms with Crippen LogP contribution in [0.2, 0.25) is 0 Å². The van der Waals surface area contributed by atoms with E-state index in [2.05, 4.69) is 17.4 Å². The summed E-state index contributed by atoms with van der Waals surface area (Å²) in [5.41, 5.74) is 2.39. The average molecular weight is 235 g/mol. The minimum absolute atomic E-state index is 0.203. The van der Waals surface area contributed by atoms with Gasteiger partial charge in [0.1, 0.15) is 0 Å². The number of para-hydroxylation sites is 1. The highest BCUT2D eigenvalue weighted by atomic mass is 16.5. The van der Waals surface area contributed by atoms with Crippen molar-refractivity contribution in [3.63, 3.8) is 0 Å². The summed E-state index contributed by atoms with van der Waals surface area (Å²) in [6, 6.07) is 8.47. The lowest BCUT2D eigenvalue weighted by Crippen LogP contribution is -2.28. The highest BCUT2D eigenvalue weighted by Gasteiger charge is 2.25. The molecule has 1 aromatic rings. The van der Waals surface area contributed by atoms with E-state index < -0.39 is 0 Å². The van der Waals surface area contributed by atoms with E-state index in [1.165, 1.54) is 5.56 Å². The second kappa shape index (κ2) is 6.03. The van der Waals surface area contributed by atoms with E-state index in [-0.39, 0.29) is 12.1 Å². The minimum atomic E-state index is -0.203. The molecule has 2 N–H and O–H groups in total. The van der Waals surface area contributed by atoms with Gasteiger partial charge in [-0.25, -0.2) is 0 Å². The van der Waals surface area contributed by atoms with Crippen LogP contribution in [0.15, 0.2) is 24.3 Å². The Labute approximate surface area is 103 Å². The zero-order valence-corrected chi connectivity index (χ0v) is 10.4. The maximum atomic E-state index is 9.83. The Bertz CT molecular complexity index is 354. The van der Waals surface area contributed by atoms with Crippen LogP contribution in [0.1, 0.15) is 24.8 Å². The molecule has 3 heteroatoms. The Morgan fingerprint density at radius 3 is 2.88 bits per heavy atom. The van der Waals surface area contributed by atoms with Crippen LogP contribution >= 0.6 is 0 Å². The number of rotatable bonds is 5. The maximum Gasteiger partial charge on any atom is 0.0741 e. The molecule has 3 nitrogen and oxygen atoms in total. The number of anilines is 1. The molecule has 1 saturated carbocycles. The van der Waals surface area contributed by atoms with Gasteiger partial charge in [-0.3, -0.25) is 0 Å². The van der Waals surface area contributed by atoms with E-state index in [1.807, 2.05) is 12.1 Å². The summed E-state index contributed by atoms with van der Waals surface area (Å²) < 4.78 is 5.11. The molecule has 0 spiro atoms. The Balaban J connectivity index is 2.03. The van der Waals surface area contributed by atoms with E-state index >= 15 is 0 Å². The SMILES string of the molecule is COCCc1ccccc1NC1CCCC1O. The fourth-order valence-electron chi connectivity index (χ4n) is 2.40. The molecule has 0 radical (unpaired) electrons. The van der Waals surface area contributed by atoms with Crippen LogP contribution in [0.3, 0.4) is 0 Å². The van der Waals surface area contributed by atoms with Gasteiger partial charge in [0.15, 0.2) is 0 Å². The highest BCUT2D eigenvalue weighted by Crippen LogP contribution is 2.25. The Morgan fingerprint density at radius 1 is 1.35 bits per heavy atom. The number of nitrogens with one attached hydrogen (secondary N) is 1. The van der Waals surface area contributed by atoms with Crippen LogP contribution in [0.4, 0.5) is 5.69 Å². The Hall–Kier alpha value is -1.06. The lowest BCUT2D eigenvalue weighted by molar-refractivity contribution is 0.171. The van der Waals surface area contributed by atoms with Crippen LogP contribution in [-0.4, -0.2) is 31.0 Å².